The highest BCUT2D eigenvalue weighted by atomic mass is 19.1. The van der Waals surface area contributed by atoms with E-state index in [1.807, 2.05) is 0 Å². The largest absolute Gasteiger partial charge is 0.466 e. The lowest BCUT2D eigenvalue weighted by molar-refractivity contribution is -0.150. The Hall–Kier alpha value is -1.21. The first-order chi connectivity index (χ1) is 25.1. The van der Waals surface area contributed by atoms with Crippen LogP contribution in [0.1, 0.15) is 226 Å². The zero-order valence-electron chi connectivity index (χ0n) is 34.1. The fourth-order valence-electron chi connectivity index (χ4n) is 6.85. The van der Waals surface area contributed by atoms with Crippen LogP contribution in [-0.4, -0.2) is 67.6 Å². The molecule has 0 aliphatic heterocycles. The van der Waals surface area contributed by atoms with Gasteiger partial charge in [-0.3, -0.25) is 14.0 Å². The van der Waals surface area contributed by atoms with Crippen molar-refractivity contribution < 1.29 is 28.6 Å². The third-order valence-electron chi connectivity index (χ3n) is 10.2. The van der Waals surface area contributed by atoms with Gasteiger partial charge in [-0.1, -0.05) is 136 Å². The van der Waals surface area contributed by atoms with E-state index < -0.39 is 0 Å². The van der Waals surface area contributed by atoms with Crippen LogP contribution >= 0.6 is 0 Å². The Morgan fingerprint density at radius 3 is 1.47 bits per heavy atom. The summed E-state index contributed by atoms with van der Waals surface area (Å²) in [5.74, 6) is -0.0584. The molecule has 1 unspecified atom stereocenters. The molecule has 0 aromatic carbocycles. The van der Waals surface area contributed by atoms with Crippen molar-refractivity contribution in [3.63, 3.8) is 0 Å². The number of ether oxygens (including phenoxy) is 2. The summed E-state index contributed by atoms with van der Waals surface area (Å²) < 4.78 is 23.5. The van der Waals surface area contributed by atoms with Gasteiger partial charge in [0, 0.05) is 19.4 Å². The molecule has 7 heteroatoms. The third-order valence-corrected chi connectivity index (χ3v) is 10.2. The van der Waals surface area contributed by atoms with Crippen molar-refractivity contribution in [1.29, 1.82) is 0 Å². The van der Waals surface area contributed by atoms with Crippen molar-refractivity contribution in [3.05, 3.63) is 0 Å². The predicted octanol–water partition coefficient (Wildman–Crippen LogP) is 12.6. The minimum atomic E-state index is -0.188. The van der Waals surface area contributed by atoms with E-state index in [1.54, 1.807) is 0 Å². The van der Waals surface area contributed by atoms with E-state index in [9.17, 15) is 19.1 Å². The summed E-state index contributed by atoms with van der Waals surface area (Å²) in [6, 6.07) is 0. The fraction of sp³-hybridized carbons (Fsp3) is 0.955. The van der Waals surface area contributed by atoms with Crippen molar-refractivity contribution in [2.75, 3.05) is 39.5 Å². The number of carbonyl (C=O) groups excluding carboxylic acids is 2. The van der Waals surface area contributed by atoms with Gasteiger partial charge in [-0.05, 0) is 96.7 Å². The molecule has 0 bridgehead atoms. The first kappa shape index (κ1) is 49.8. The van der Waals surface area contributed by atoms with Gasteiger partial charge in [-0.25, -0.2) is 0 Å². The highest BCUT2D eigenvalue weighted by molar-refractivity contribution is 5.69. The molecule has 0 aliphatic rings. The molecule has 0 aliphatic carbocycles. The molecule has 0 rings (SSSR count). The Balaban J connectivity index is 4.04. The standard InChI is InChI=1S/C44H86FNO5/c1-3-5-7-9-16-23-33-42(32-22-8-6-4-2)51-44(49)35-24-17-15-19-27-37-46(39-29-30-40-47)38-28-21-25-34-43(48)50-41-31-20-14-12-10-11-13-18-26-36-45/h42,47H,3-41H2,1-2H3. The fourth-order valence-corrected chi connectivity index (χ4v) is 6.85. The second kappa shape index (κ2) is 41.5. The van der Waals surface area contributed by atoms with Gasteiger partial charge >= 0.3 is 11.9 Å². The molecule has 304 valence electrons. The van der Waals surface area contributed by atoms with Gasteiger partial charge in [-0.2, -0.15) is 0 Å². The van der Waals surface area contributed by atoms with Crippen molar-refractivity contribution in [1.82, 2.24) is 4.90 Å². The summed E-state index contributed by atoms with van der Waals surface area (Å²) in [7, 11) is 0. The highest BCUT2D eigenvalue weighted by Gasteiger charge is 2.14. The minimum Gasteiger partial charge on any atom is -0.466 e. The lowest BCUT2D eigenvalue weighted by atomic mass is 10.0. The number of hydrogen-bond acceptors (Lipinski definition) is 6. The summed E-state index contributed by atoms with van der Waals surface area (Å²) in [4.78, 5) is 27.3. The Morgan fingerprint density at radius 1 is 0.510 bits per heavy atom. The summed E-state index contributed by atoms with van der Waals surface area (Å²) in [5.41, 5.74) is 0. The quantitative estimate of drug-likeness (QED) is 0.0498. The van der Waals surface area contributed by atoms with E-state index in [-0.39, 0.29) is 31.3 Å². The number of nitrogens with zero attached hydrogens (tertiary/aromatic N) is 1. The molecule has 0 aromatic heterocycles. The summed E-state index contributed by atoms with van der Waals surface area (Å²) >= 11 is 0. The van der Waals surface area contributed by atoms with Gasteiger partial charge in [-0.15, -0.1) is 0 Å². The molecule has 0 fully saturated rings. The third kappa shape index (κ3) is 38.3. The molecule has 0 spiro atoms. The first-order valence-corrected chi connectivity index (χ1v) is 22.3. The van der Waals surface area contributed by atoms with Crippen molar-refractivity contribution in [3.8, 4) is 0 Å². The number of aliphatic hydroxyl groups is 1. The number of unbranched alkanes of at least 4 members (excludes halogenated alkanes) is 23. The van der Waals surface area contributed by atoms with Crippen molar-refractivity contribution >= 4 is 11.9 Å². The molecular formula is C44H86FNO5. The van der Waals surface area contributed by atoms with Gasteiger partial charge in [0.2, 0.25) is 0 Å². The highest BCUT2D eigenvalue weighted by Crippen LogP contribution is 2.18. The summed E-state index contributed by atoms with van der Waals surface area (Å²) in [6.45, 7) is 8.23. The molecule has 0 saturated carbocycles. The molecule has 0 radical (unpaired) electrons. The number of esters is 2. The average Bonchev–Trinajstić information content (AvgIpc) is 3.12. The van der Waals surface area contributed by atoms with Crippen LogP contribution in [0.3, 0.4) is 0 Å². The molecule has 51 heavy (non-hydrogen) atoms. The van der Waals surface area contributed by atoms with E-state index in [1.165, 1.54) is 96.3 Å². The SMILES string of the molecule is CCCCCCCCC(CCCCCC)OC(=O)CCCCCCCN(CCCCO)CCCCCC(=O)OCCCCCCCCCCCF. The molecule has 0 amide bonds. The Bertz CT molecular complexity index is 724. The first-order valence-electron chi connectivity index (χ1n) is 22.3. The molecule has 0 heterocycles. The molecule has 0 saturated heterocycles. The van der Waals surface area contributed by atoms with E-state index in [0.717, 1.165) is 116 Å². The maximum absolute atomic E-state index is 12.7. The smallest absolute Gasteiger partial charge is 0.306 e. The minimum absolute atomic E-state index is 0.00520. The average molecular weight is 728 g/mol. The van der Waals surface area contributed by atoms with E-state index in [2.05, 4.69) is 18.7 Å². The van der Waals surface area contributed by atoms with Crippen LogP contribution in [0.2, 0.25) is 0 Å². The maximum atomic E-state index is 12.7. The van der Waals surface area contributed by atoms with Crippen LogP contribution in [0.4, 0.5) is 4.39 Å². The summed E-state index contributed by atoms with van der Waals surface area (Å²) in [5, 5.41) is 9.25. The number of halogens is 1. The molecule has 6 nitrogen and oxygen atoms in total. The lowest BCUT2D eigenvalue weighted by Crippen LogP contribution is -2.27. The van der Waals surface area contributed by atoms with Crippen LogP contribution in [0.15, 0.2) is 0 Å². The maximum Gasteiger partial charge on any atom is 0.306 e. The molecule has 0 aromatic rings. The number of carbonyl (C=O) groups is 2. The van der Waals surface area contributed by atoms with Crippen LogP contribution in [0, 0.1) is 0 Å². The Kier molecular flexibility index (Phi) is 40.6. The van der Waals surface area contributed by atoms with Gasteiger partial charge in [0.25, 0.3) is 0 Å². The van der Waals surface area contributed by atoms with Gasteiger partial charge < -0.3 is 19.5 Å². The van der Waals surface area contributed by atoms with E-state index >= 15 is 0 Å². The van der Waals surface area contributed by atoms with Crippen LogP contribution in [0.5, 0.6) is 0 Å². The second-order valence-electron chi connectivity index (χ2n) is 15.2. The second-order valence-corrected chi connectivity index (χ2v) is 15.2. The molecule has 1 N–H and O–H groups in total. The normalized spacial score (nSPS) is 12.1. The predicted molar refractivity (Wildman–Crippen MR) is 214 cm³/mol. The number of rotatable bonds is 42. The lowest BCUT2D eigenvalue weighted by Gasteiger charge is -2.22. The van der Waals surface area contributed by atoms with Crippen LogP contribution in [0.25, 0.3) is 0 Å². The monoisotopic (exact) mass is 728 g/mol. The molecular weight excluding hydrogens is 641 g/mol. The number of aliphatic hydroxyl groups excluding tert-OH is 1. The zero-order valence-corrected chi connectivity index (χ0v) is 34.1. The Labute approximate surface area is 316 Å². The van der Waals surface area contributed by atoms with Gasteiger partial charge in [0.05, 0.1) is 13.3 Å². The molecule has 1 atom stereocenters. The van der Waals surface area contributed by atoms with Crippen molar-refractivity contribution in [2.45, 2.75) is 232 Å². The number of alkyl halides is 1. The van der Waals surface area contributed by atoms with Gasteiger partial charge in [0.1, 0.15) is 6.10 Å². The summed E-state index contributed by atoms with van der Waals surface area (Å²) in [6.07, 6.45) is 35.9. The van der Waals surface area contributed by atoms with Crippen LogP contribution < -0.4 is 0 Å². The Morgan fingerprint density at radius 2 is 0.922 bits per heavy atom. The number of hydrogen-bond donors (Lipinski definition) is 1. The topological polar surface area (TPSA) is 76.1 Å². The van der Waals surface area contributed by atoms with Crippen molar-refractivity contribution in [2.24, 2.45) is 0 Å². The van der Waals surface area contributed by atoms with Crippen LogP contribution in [-0.2, 0) is 19.1 Å². The zero-order chi connectivity index (χ0) is 37.3. The van der Waals surface area contributed by atoms with Gasteiger partial charge in [0.15, 0.2) is 0 Å². The van der Waals surface area contributed by atoms with E-state index in [0.29, 0.717) is 25.9 Å². The van der Waals surface area contributed by atoms with E-state index in [4.69, 9.17) is 9.47 Å².